The number of rotatable bonds is 4. The molecule has 0 spiro atoms. The molecule has 0 unspecified atom stereocenters. The summed E-state index contributed by atoms with van der Waals surface area (Å²) < 4.78 is 38.1. The normalized spacial score (nSPS) is 18.2. The maximum atomic E-state index is 12.7. The van der Waals surface area contributed by atoms with Gasteiger partial charge in [-0.25, -0.2) is 4.98 Å². The number of anilines is 1. The molecule has 0 atom stereocenters. The minimum absolute atomic E-state index is 0.0768. The molecule has 1 fully saturated rings. The number of aliphatic carboxylic acids is 1. The lowest BCUT2D eigenvalue weighted by Crippen LogP contribution is -2.42. The Morgan fingerprint density at radius 3 is 2.57 bits per heavy atom. The first-order valence-electron chi connectivity index (χ1n) is 6.84. The van der Waals surface area contributed by atoms with E-state index in [1.807, 2.05) is 0 Å². The highest BCUT2D eigenvalue weighted by Gasteiger charge is 2.36. The van der Waals surface area contributed by atoms with E-state index >= 15 is 0 Å². The second-order valence-corrected chi connectivity index (χ2v) is 5.46. The molecule has 4 nitrogen and oxygen atoms in total. The van der Waals surface area contributed by atoms with Crippen LogP contribution >= 0.6 is 0 Å². The first kappa shape index (κ1) is 15.6. The number of nitrogens with one attached hydrogen (secondary N) is 1. The summed E-state index contributed by atoms with van der Waals surface area (Å²) in [6, 6.07) is 1.83. The van der Waals surface area contributed by atoms with Gasteiger partial charge in [-0.2, -0.15) is 13.2 Å². The first-order chi connectivity index (χ1) is 9.81. The van der Waals surface area contributed by atoms with Crippen LogP contribution in [-0.4, -0.2) is 21.6 Å². The maximum Gasteiger partial charge on any atom is 0.416 e. The standard InChI is InChI=1S/C14H17F3N2O2/c15-14(16,17)10-4-7-18-11(8-10)19-13(9-12(20)21)5-2-1-3-6-13/h4,7-8H,1-3,5-6,9H2,(H,18,19)(H,20,21). The van der Waals surface area contributed by atoms with Gasteiger partial charge >= 0.3 is 12.1 Å². The van der Waals surface area contributed by atoms with E-state index in [0.717, 1.165) is 37.6 Å². The number of pyridine rings is 1. The van der Waals surface area contributed by atoms with Crippen molar-refractivity contribution in [3.05, 3.63) is 23.9 Å². The summed E-state index contributed by atoms with van der Waals surface area (Å²) in [6.45, 7) is 0. The van der Waals surface area contributed by atoms with Gasteiger partial charge < -0.3 is 10.4 Å². The van der Waals surface area contributed by atoms with Crippen molar-refractivity contribution in [2.24, 2.45) is 0 Å². The molecule has 0 saturated heterocycles. The summed E-state index contributed by atoms with van der Waals surface area (Å²) in [4.78, 5) is 14.9. The zero-order valence-corrected chi connectivity index (χ0v) is 11.4. The summed E-state index contributed by atoms with van der Waals surface area (Å²) in [5.41, 5.74) is -1.50. The molecule has 0 aliphatic heterocycles. The predicted octanol–water partition coefficient (Wildman–Crippen LogP) is 3.69. The molecule has 21 heavy (non-hydrogen) atoms. The van der Waals surface area contributed by atoms with Crippen LogP contribution in [0.2, 0.25) is 0 Å². The lowest BCUT2D eigenvalue weighted by molar-refractivity contribution is -0.139. The van der Waals surface area contributed by atoms with E-state index in [4.69, 9.17) is 5.11 Å². The molecule has 1 saturated carbocycles. The smallest absolute Gasteiger partial charge is 0.416 e. The van der Waals surface area contributed by atoms with Gasteiger partial charge in [0.15, 0.2) is 0 Å². The Kier molecular flexibility index (Phi) is 4.39. The van der Waals surface area contributed by atoms with E-state index in [1.165, 1.54) is 0 Å². The molecule has 1 aliphatic rings. The Balaban J connectivity index is 2.22. The van der Waals surface area contributed by atoms with Crippen LogP contribution in [0.15, 0.2) is 18.3 Å². The van der Waals surface area contributed by atoms with Crippen LogP contribution < -0.4 is 5.32 Å². The van der Waals surface area contributed by atoms with E-state index in [2.05, 4.69) is 10.3 Å². The summed E-state index contributed by atoms with van der Waals surface area (Å²) in [6.07, 6.45) is 0.505. The van der Waals surface area contributed by atoms with E-state index in [0.29, 0.717) is 12.8 Å². The second kappa shape index (κ2) is 5.91. The van der Waals surface area contributed by atoms with E-state index in [9.17, 15) is 18.0 Å². The number of carboxylic acid groups (broad SMARTS) is 1. The lowest BCUT2D eigenvalue weighted by Gasteiger charge is -2.37. The van der Waals surface area contributed by atoms with Crippen molar-refractivity contribution >= 4 is 11.8 Å². The second-order valence-electron chi connectivity index (χ2n) is 5.46. The molecule has 0 aromatic carbocycles. The maximum absolute atomic E-state index is 12.7. The van der Waals surface area contributed by atoms with Crippen molar-refractivity contribution in [1.29, 1.82) is 0 Å². The molecule has 2 rings (SSSR count). The number of halogens is 3. The number of aromatic nitrogens is 1. The number of carboxylic acids is 1. The first-order valence-corrected chi connectivity index (χ1v) is 6.84. The van der Waals surface area contributed by atoms with Gasteiger partial charge in [0.1, 0.15) is 5.82 Å². The summed E-state index contributed by atoms with van der Waals surface area (Å²) in [7, 11) is 0. The zero-order valence-electron chi connectivity index (χ0n) is 11.4. The van der Waals surface area contributed by atoms with Gasteiger partial charge in [0.25, 0.3) is 0 Å². The summed E-state index contributed by atoms with van der Waals surface area (Å²) >= 11 is 0. The number of nitrogens with zero attached hydrogens (tertiary/aromatic N) is 1. The molecule has 1 aromatic rings. The van der Waals surface area contributed by atoms with Crippen LogP contribution in [-0.2, 0) is 11.0 Å². The minimum Gasteiger partial charge on any atom is -0.481 e. The molecule has 7 heteroatoms. The third-order valence-corrected chi connectivity index (χ3v) is 3.78. The Morgan fingerprint density at radius 1 is 1.33 bits per heavy atom. The molecular formula is C14H17F3N2O2. The van der Waals surface area contributed by atoms with Gasteiger partial charge in [0, 0.05) is 11.7 Å². The fourth-order valence-corrected chi connectivity index (χ4v) is 2.81. The van der Waals surface area contributed by atoms with Crippen LogP contribution in [0.3, 0.4) is 0 Å². The Morgan fingerprint density at radius 2 is 2.00 bits per heavy atom. The van der Waals surface area contributed by atoms with Crippen molar-refractivity contribution in [2.45, 2.75) is 50.2 Å². The molecule has 1 aromatic heterocycles. The third-order valence-electron chi connectivity index (χ3n) is 3.78. The average Bonchev–Trinajstić information content (AvgIpc) is 2.38. The van der Waals surface area contributed by atoms with Gasteiger partial charge in [-0.15, -0.1) is 0 Å². The molecule has 0 radical (unpaired) electrons. The SMILES string of the molecule is O=C(O)CC1(Nc2cc(C(F)(F)F)ccn2)CCCCC1. The molecule has 0 amide bonds. The van der Waals surface area contributed by atoms with Crippen LogP contribution in [0.4, 0.5) is 19.0 Å². The Hall–Kier alpha value is -1.79. The third kappa shape index (κ3) is 4.09. The van der Waals surface area contributed by atoms with Crippen LogP contribution in [0.5, 0.6) is 0 Å². The fraction of sp³-hybridized carbons (Fsp3) is 0.571. The Labute approximate surface area is 120 Å². The van der Waals surface area contributed by atoms with Gasteiger partial charge in [0.2, 0.25) is 0 Å². The number of hydrogen-bond donors (Lipinski definition) is 2. The van der Waals surface area contributed by atoms with Crippen LogP contribution in [0.1, 0.15) is 44.1 Å². The molecule has 116 valence electrons. The van der Waals surface area contributed by atoms with Gasteiger partial charge in [0.05, 0.1) is 12.0 Å². The van der Waals surface area contributed by atoms with Crippen molar-refractivity contribution in [3.8, 4) is 0 Å². The van der Waals surface area contributed by atoms with Gasteiger partial charge in [-0.05, 0) is 25.0 Å². The predicted molar refractivity (Wildman–Crippen MR) is 70.9 cm³/mol. The van der Waals surface area contributed by atoms with Crippen molar-refractivity contribution in [1.82, 2.24) is 4.98 Å². The van der Waals surface area contributed by atoms with Crippen LogP contribution in [0, 0.1) is 0 Å². The quantitative estimate of drug-likeness (QED) is 0.890. The van der Waals surface area contributed by atoms with E-state index in [-0.39, 0.29) is 12.2 Å². The molecule has 2 N–H and O–H groups in total. The van der Waals surface area contributed by atoms with E-state index in [1.54, 1.807) is 0 Å². The van der Waals surface area contributed by atoms with Crippen molar-refractivity contribution < 1.29 is 23.1 Å². The molecule has 1 heterocycles. The number of alkyl halides is 3. The highest BCUT2D eigenvalue weighted by atomic mass is 19.4. The minimum atomic E-state index is -4.44. The fourth-order valence-electron chi connectivity index (χ4n) is 2.81. The largest absolute Gasteiger partial charge is 0.481 e. The number of carbonyl (C=O) groups is 1. The molecule has 0 bridgehead atoms. The topological polar surface area (TPSA) is 62.2 Å². The zero-order chi connectivity index (χ0) is 15.5. The van der Waals surface area contributed by atoms with Gasteiger partial charge in [-0.1, -0.05) is 19.3 Å². The highest BCUT2D eigenvalue weighted by Crippen LogP contribution is 2.35. The monoisotopic (exact) mass is 302 g/mol. The number of hydrogen-bond acceptors (Lipinski definition) is 3. The van der Waals surface area contributed by atoms with Gasteiger partial charge in [-0.3, -0.25) is 4.79 Å². The highest BCUT2D eigenvalue weighted by molar-refractivity contribution is 5.69. The average molecular weight is 302 g/mol. The van der Waals surface area contributed by atoms with Crippen molar-refractivity contribution in [3.63, 3.8) is 0 Å². The summed E-state index contributed by atoms with van der Waals surface area (Å²) in [5, 5.41) is 12.0. The molecule has 1 aliphatic carbocycles. The molecular weight excluding hydrogens is 285 g/mol. The Bertz CT molecular complexity index is 511. The van der Waals surface area contributed by atoms with Crippen LogP contribution in [0.25, 0.3) is 0 Å². The van der Waals surface area contributed by atoms with E-state index < -0.39 is 23.2 Å². The lowest BCUT2D eigenvalue weighted by atomic mass is 9.79. The van der Waals surface area contributed by atoms with Crippen molar-refractivity contribution in [2.75, 3.05) is 5.32 Å². The summed E-state index contributed by atoms with van der Waals surface area (Å²) in [5.74, 6) is -0.885.